The molecule has 6 nitrogen and oxygen atoms in total. The molecule has 0 unspecified atom stereocenters. The summed E-state index contributed by atoms with van der Waals surface area (Å²) < 4.78 is 1.62. The number of hydrogen-bond donors (Lipinski definition) is 2. The molecule has 0 fully saturated rings. The van der Waals surface area contributed by atoms with Crippen LogP contribution in [0.3, 0.4) is 0 Å². The highest BCUT2D eigenvalue weighted by atomic mass is 16.1. The van der Waals surface area contributed by atoms with Crippen LogP contribution >= 0.6 is 0 Å². The summed E-state index contributed by atoms with van der Waals surface area (Å²) in [5.74, 6) is -0.215. The third-order valence-corrected chi connectivity index (χ3v) is 1.59. The van der Waals surface area contributed by atoms with Gasteiger partial charge in [-0.2, -0.15) is 5.26 Å². The lowest BCUT2D eigenvalue weighted by molar-refractivity contribution is -0.121. The van der Waals surface area contributed by atoms with Crippen LogP contribution in [0.25, 0.3) is 0 Å². The fourth-order valence-corrected chi connectivity index (χ4v) is 0.958. The van der Waals surface area contributed by atoms with Crippen molar-refractivity contribution in [2.24, 2.45) is 5.73 Å². The van der Waals surface area contributed by atoms with E-state index in [9.17, 15) is 4.79 Å². The van der Waals surface area contributed by atoms with Crippen LogP contribution < -0.4 is 11.1 Å². The van der Waals surface area contributed by atoms with Crippen molar-refractivity contribution in [3.63, 3.8) is 0 Å². The van der Waals surface area contributed by atoms with Gasteiger partial charge in [0, 0.05) is 12.7 Å². The summed E-state index contributed by atoms with van der Waals surface area (Å²) in [6.07, 6.45) is 3.24. The fraction of sp³-hybridized carbons (Fsp3) is 0.375. The van der Waals surface area contributed by atoms with Gasteiger partial charge in [-0.05, 0) is 0 Å². The number of carbonyl (C=O) groups excluding carboxylic acids is 1. The number of hydrogen-bond acceptors (Lipinski definition) is 4. The van der Waals surface area contributed by atoms with E-state index < -0.39 is 0 Å². The van der Waals surface area contributed by atoms with Crippen molar-refractivity contribution in [1.82, 2.24) is 14.9 Å². The van der Waals surface area contributed by atoms with E-state index in [1.54, 1.807) is 10.8 Å². The predicted molar refractivity (Wildman–Crippen MR) is 48.7 cm³/mol. The Kier molecular flexibility index (Phi) is 3.64. The molecule has 0 aliphatic carbocycles. The van der Waals surface area contributed by atoms with Gasteiger partial charge in [0.15, 0.2) is 0 Å². The number of nitrogens with zero attached hydrogens (tertiary/aromatic N) is 3. The number of carbonyl (C=O) groups is 1. The van der Waals surface area contributed by atoms with E-state index in [1.165, 1.54) is 6.33 Å². The van der Waals surface area contributed by atoms with Crippen molar-refractivity contribution in [2.45, 2.75) is 13.1 Å². The van der Waals surface area contributed by atoms with Crippen LogP contribution in [0.5, 0.6) is 0 Å². The molecule has 1 amide bonds. The molecule has 1 aromatic rings. The monoisotopic (exact) mass is 193 g/mol. The predicted octanol–water partition coefficient (Wildman–Crippen LogP) is -1.02. The number of amides is 1. The molecular weight excluding hydrogens is 182 g/mol. The maximum Gasteiger partial charge on any atom is 0.240 e. The second kappa shape index (κ2) is 4.99. The summed E-state index contributed by atoms with van der Waals surface area (Å²) in [6, 6.07) is 1.82. The van der Waals surface area contributed by atoms with Gasteiger partial charge in [0.05, 0.1) is 18.1 Å². The minimum absolute atomic E-state index is 0.0251. The molecule has 14 heavy (non-hydrogen) atoms. The van der Waals surface area contributed by atoms with E-state index in [0.717, 1.165) is 5.69 Å². The van der Waals surface area contributed by atoms with E-state index >= 15 is 0 Å². The number of nitrogens with two attached hydrogens (primary N) is 1. The van der Waals surface area contributed by atoms with Crippen LogP contribution in [0.15, 0.2) is 12.5 Å². The smallest absolute Gasteiger partial charge is 0.240 e. The molecule has 1 heterocycles. The fourth-order valence-electron chi connectivity index (χ4n) is 0.958. The highest BCUT2D eigenvalue weighted by Crippen LogP contribution is 1.93. The average molecular weight is 193 g/mol. The van der Waals surface area contributed by atoms with Crippen molar-refractivity contribution in [1.29, 1.82) is 5.26 Å². The second-order valence-corrected chi connectivity index (χ2v) is 2.68. The summed E-state index contributed by atoms with van der Waals surface area (Å²) >= 11 is 0. The standard InChI is InChI=1S/C8H11N5O/c9-1-2-11-8(14)5-13-4-7(3-10)12-6-13/h4,6H,2-3,5,10H2,(H,11,14). The number of aromatic nitrogens is 2. The van der Waals surface area contributed by atoms with E-state index in [-0.39, 0.29) is 19.0 Å². The molecule has 1 rings (SSSR count). The normalized spacial score (nSPS) is 9.43. The van der Waals surface area contributed by atoms with Crippen molar-refractivity contribution in [3.05, 3.63) is 18.2 Å². The number of rotatable bonds is 4. The van der Waals surface area contributed by atoms with E-state index in [2.05, 4.69) is 10.3 Å². The third kappa shape index (κ3) is 2.88. The van der Waals surface area contributed by atoms with Crippen molar-refractivity contribution >= 4 is 5.91 Å². The molecule has 0 saturated heterocycles. The van der Waals surface area contributed by atoms with Gasteiger partial charge < -0.3 is 15.6 Å². The molecule has 6 heteroatoms. The molecule has 0 radical (unpaired) electrons. The molecule has 0 aliphatic heterocycles. The second-order valence-electron chi connectivity index (χ2n) is 2.68. The molecule has 0 spiro atoms. The Hall–Kier alpha value is -1.87. The maximum atomic E-state index is 11.1. The van der Waals surface area contributed by atoms with Gasteiger partial charge in [0.1, 0.15) is 13.1 Å². The maximum absolute atomic E-state index is 11.1. The molecule has 0 aromatic carbocycles. The van der Waals surface area contributed by atoms with Crippen LogP contribution in [0.4, 0.5) is 0 Å². The van der Waals surface area contributed by atoms with Gasteiger partial charge in [-0.1, -0.05) is 0 Å². The van der Waals surface area contributed by atoms with Crippen LogP contribution in [0.1, 0.15) is 5.69 Å². The van der Waals surface area contributed by atoms with Crippen molar-refractivity contribution in [3.8, 4) is 6.07 Å². The lowest BCUT2D eigenvalue weighted by Crippen LogP contribution is -2.27. The van der Waals surface area contributed by atoms with E-state index in [4.69, 9.17) is 11.0 Å². The third-order valence-electron chi connectivity index (χ3n) is 1.59. The highest BCUT2D eigenvalue weighted by Gasteiger charge is 2.02. The molecule has 74 valence electrons. The van der Waals surface area contributed by atoms with Gasteiger partial charge in [0.25, 0.3) is 0 Å². The Balaban J connectivity index is 2.44. The van der Waals surface area contributed by atoms with Crippen LogP contribution in [-0.4, -0.2) is 22.0 Å². The Morgan fingerprint density at radius 1 is 1.79 bits per heavy atom. The minimum Gasteiger partial charge on any atom is -0.341 e. The van der Waals surface area contributed by atoms with Gasteiger partial charge in [0.2, 0.25) is 5.91 Å². The van der Waals surface area contributed by atoms with E-state index in [1.807, 2.05) is 6.07 Å². The van der Waals surface area contributed by atoms with Gasteiger partial charge in [-0.15, -0.1) is 0 Å². The van der Waals surface area contributed by atoms with E-state index in [0.29, 0.717) is 6.54 Å². The van der Waals surface area contributed by atoms with Gasteiger partial charge in [-0.3, -0.25) is 4.79 Å². The largest absolute Gasteiger partial charge is 0.341 e. The summed E-state index contributed by atoms with van der Waals surface area (Å²) in [4.78, 5) is 15.1. The van der Waals surface area contributed by atoms with Crippen molar-refractivity contribution < 1.29 is 4.79 Å². The molecule has 0 atom stereocenters. The topological polar surface area (TPSA) is 96.7 Å². The summed E-state index contributed by atoms with van der Waals surface area (Å²) in [7, 11) is 0. The minimum atomic E-state index is -0.215. The average Bonchev–Trinajstić information content (AvgIpc) is 2.62. The SMILES string of the molecule is N#CCNC(=O)Cn1cnc(CN)c1. The first kappa shape index (κ1) is 10.2. The Bertz CT molecular complexity index is 351. The first-order valence-electron chi connectivity index (χ1n) is 4.10. The summed E-state index contributed by atoms with van der Waals surface area (Å²) in [6.45, 7) is 0.540. The first-order valence-corrected chi connectivity index (χ1v) is 4.10. The number of imidazole rings is 1. The van der Waals surface area contributed by atoms with Crippen LogP contribution in [0, 0.1) is 11.3 Å². The molecule has 0 bridgehead atoms. The Morgan fingerprint density at radius 3 is 3.14 bits per heavy atom. The van der Waals surface area contributed by atoms with Crippen LogP contribution in [0.2, 0.25) is 0 Å². The Morgan fingerprint density at radius 2 is 2.57 bits per heavy atom. The zero-order chi connectivity index (χ0) is 10.4. The molecule has 3 N–H and O–H groups in total. The Labute approximate surface area is 81.3 Å². The van der Waals surface area contributed by atoms with Crippen molar-refractivity contribution in [2.75, 3.05) is 6.54 Å². The molecule has 0 saturated carbocycles. The zero-order valence-corrected chi connectivity index (χ0v) is 7.60. The first-order chi connectivity index (χ1) is 6.76. The summed E-state index contributed by atoms with van der Waals surface area (Å²) in [5.41, 5.74) is 6.09. The lowest BCUT2D eigenvalue weighted by atomic mass is 10.5. The lowest BCUT2D eigenvalue weighted by Gasteiger charge is -2.00. The van der Waals surface area contributed by atoms with Gasteiger partial charge >= 0.3 is 0 Å². The summed E-state index contributed by atoms with van der Waals surface area (Å²) in [5, 5.41) is 10.7. The van der Waals surface area contributed by atoms with Gasteiger partial charge in [-0.25, -0.2) is 4.98 Å². The quantitative estimate of drug-likeness (QED) is 0.598. The molecular formula is C8H11N5O. The number of nitrogens with one attached hydrogen (secondary N) is 1. The van der Waals surface area contributed by atoms with Crippen LogP contribution in [-0.2, 0) is 17.9 Å². The molecule has 0 aliphatic rings. The number of nitriles is 1. The molecule has 1 aromatic heterocycles. The zero-order valence-electron chi connectivity index (χ0n) is 7.60. The highest BCUT2D eigenvalue weighted by molar-refractivity contribution is 5.75.